The van der Waals surface area contributed by atoms with Gasteiger partial charge < -0.3 is 20.4 Å². The minimum Gasteiger partial charge on any atom is -0.431 e. The third-order valence-corrected chi connectivity index (χ3v) is 3.73. The Hall–Kier alpha value is -1.89. The van der Waals surface area contributed by atoms with E-state index in [0.717, 1.165) is 24.4 Å². The molecule has 0 aliphatic carbocycles. The van der Waals surface area contributed by atoms with Crippen LogP contribution in [0.1, 0.15) is 0 Å². The van der Waals surface area contributed by atoms with Gasteiger partial charge in [0.1, 0.15) is 5.52 Å². The number of carbonyl (C=O) groups excluding carboxylic acids is 1. The van der Waals surface area contributed by atoms with Crippen molar-refractivity contribution < 1.29 is 9.21 Å². The number of hydrogen-bond donors (Lipinski definition) is 2. The SMILES string of the molecule is Nc1ccc2nc(SCCN3CCNC3=O)oc2c1. The van der Waals surface area contributed by atoms with Gasteiger partial charge in [0, 0.05) is 37.1 Å². The van der Waals surface area contributed by atoms with E-state index in [2.05, 4.69) is 10.3 Å². The fraction of sp³-hybridized carbons (Fsp3) is 0.333. The summed E-state index contributed by atoms with van der Waals surface area (Å²) >= 11 is 1.50. The lowest BCUT2D eigenvalue weighted by Gasteiger charge is -2.12. The number of fused-ring (bicyclic) bond motifs is 1. The highest BCUT2D eigenvalue weighted by Crippen LogP contribution is 2.24. The molecule has 1 saturated heterocycles. The number of nitrogens with one attached hydrogen (secondary N) is 1. The van der Waals surface area contributed by atoms with Crippen molar-refractivity contribution in [3.05, 3.63) is 18.2 Å². The van der Waals surface area contributed by atoms with Crippen molar-refractivity contribution in [1.29, 1.82) is 0 Å². The summed E-state index contributed by atoms with van der Waals surface area (Å²) in [6.07, 6.45) is 0. The minimum absolute atomic E-state index is 0.00550. The van der Waals surface area contributed by atoms with Crippen LogP contribution in [0.5, 0.6) is 0 Å². The first kappa shape index (κ1) is 12.2. The van der Waals surface area contributed by atoms with E-state index in [-0.39, 0.29) is 6.03 Å². The number of rotatable bonds is 4. The van der Waals surface area contributed by atoms with Crippen molar-refractivity contribution >= 4 is 34.6 Å². The molecule has 1 aromatic carbocycles. The molecular weight excluding hydrogens is 264 g/mol. The Morgan fingerprint density at radius 1 is 1.53 bits per heavy atom. The van der Waals surface area contributed by atoms with Gasteiger partial charge in [0.25, 0.3) is 5.22 Å². The average Bonchev–Trinajstić information content (AvgIpc) is 2.95. The van der Waals surface area contributed by atoms with Crippen LogP contribution in [0.2, 0.25) is 0 Å². The molecule has 2 amide bonds. The number of nitrogen functional groups attached to an aromatic ring is 1. The lowest BCUT2D eigenvalue weighted by atomic mass is 10.3. The molecule has 2 aromatic rings. The van der Waals surface area contributed by atoms with E-state index in [9.17, 15) is 4.79 Å². The topological polar surface area (TPSA) is 84.4 Å². The zero-order valence-electron chi connectivity index (χ0n) is 10.3. The largest absolute Gasteiger partial charge is 0.431 e. The Balaban J connectivity index is 1.60. The maximum Gasteiger partial charge on any atom is 0.317 e. The van der Waals surface area contributed by atoms with Crippen molar-refractivity contribution in [3.63, 3.8) is 0 Å². The van der Waals surface area contributed by atoms with E-state index >= 15 is 0 Å². The number of thioether (sulfide) groups is 1. The van der Waals surface area contributed by atoms with Crippen LogP contribution < -0.4 is 11.1 Å². The number of aromatic nitrogens is 1. The monoisotopic (exact) mass is 278 g/mol. The molecule has 100 valence electrons. The summed E-state index contributed by atoms with van der Waals surface area (Å²) < 4.78 is 5.59. The van der Waals surface area contributed by atoms with Gasteiger partial charge >= 0.3 is 6.03 Å². The highest BCUT2D eigenvalue weighted by molar-refractivity contribution is 7.99. The van der Waals surface area contributed by atoms with Crippen molar-refractivity contribution in [2.75, 3.05) is 31.1 Å². The van der Waals surface area contributed by atoms with Crippen LogP contribution >= 0.6 is 11.8 Å². The summed E-state index contributed by atoms with van der Waals surface area (Å²) in [7, 11) is 0. The molecule has 3 N–H and O–H groups in total. The molecule has 1 aliphatic rings. The van der Waals surface area contributed by atoms with Crippen molar-refractivity contribution in [3.8, 4) is 0 Å². The Morgan fingerprint density at radius 2 is 2.42 bits per heavy atom. The Labute approximate surface area is 114 Å². The number of nitrogens with two attached hydrogens (primary N) is 1. The summed E-state index contributed by atoms with van der Waals surface area (Å²) in [5, 5.41) is 3.38. The average molecular weight is 278 g/mol. The molecule has 1 aromatic heterocycles. The van der Waals surface area contributed by atoms with Gasteiger partial charge in [-0.15, -0.1) is 0 Å². The third kappa shape index (κ3) is 2.60. The molecule has 2 heterocycles. The highest BCUT2D eigenvalue weighted by Gasteiger charge is 2.18. The molecule has 0 unspecified atom stereocenters. The second-order valence-electron chi connectivity index (χ2n) is 4.27. The lowest BCUT2D eigenvalue weighted by molar-refractivity contribution is 0.220. The summed E-state index contributed by atoms with van der Waals surface area (Å²) in [6, 6.07) is 5.41. The quantitative estimate of drug-likeness (QED) is 0.654. The number of oxazole rings is 1. The first-order chi connectivity index (χ1) is 9.22. The zero-order chi connectivity index (χ0) is 13.2. The Morgan fingerprint density at radius 3 is 3.21 bits per heavy atom. The van der Waals surface area contributed by atoms with Crippen LogP contribution in [-0.4, -0.2) is 41.3 Å². The molecule has 0 atom stereocenters. The number of benzene rings is 1. The molecule has 0 radical (unpaired) electrons. The first-order valence-electron chi connectivity index (χ1n) is 6.04. The highest BCUT2D eigenvalue weighted by atomic mass is 32.2. The Bertz CT molecular complexity index is 613. The maximum atomic E-state index is 11.3. The number of carbonyl (C=O) groups is 1. The van der Waals surface area contributed by atoms with Gasteiger partial charge in [-0.3, -0.25) is 0 Å². The molecular formula is C12H14N4O2S. The molecule has 19 heavy (non-hydrogen) atoms. The molecule has 1 aliphatic heterocycles. The molecule has 0 bridgehead atoms. The van der Waals surface area contributed by atoms with E-state index in [1.807, 2.05) is 6.07 Å². The van der Waals surface area contributed by atoms with Crippen LogP contribution in [0.4, 0.5) is 10.5 Å². The van der Waals surface area contributed by atoms with Crippen molar-refractivity contribution in [1.82, 2.24) is 15.2 Å². The smallest absolute Gasteiger partial charge is 0.317 e. The summed E-state index contributed by atoms with van der Waals surface area (Å²) in [5.41, 5.74) is 7.84. The van der Waals surface area contributed by atoms with Crippen LogP contribution in [0, 0.1) is 0 Å². The Kier molecular flexibility index (Phi) is 3.20. The zero-order valence-corrected chi connectivity index (χ0v) is 11.1. The van der Waals surface area contributed by atoms with Gasteiger partial charge in [-0.2, -0.15) is 0 Å². The second-order valence-corrected chi connectivity index (χ2v) is 5.32. The number of anilines is 1. The van der Waals surface area contributed by atoms with Gasteiger partial charge in [-0.05, 0) is 12.1 Å². The van der Waals surface area contributed by atoms with Gasteiger partial charge in [-0.25, -0.2) is 9.78 Å². The molecule has 3 rings (SSSR count). The van der Waals surface area contributed by atoms with Gasteiger partial charge in [-0.1, -0.05) is 11.8 Å². The number of urea groups is 1. The summed E-state index contributed by atoms with van der Waals surface area (Å²) in [5.74, 6) is 0.760. The standard InChI is InChI=1S/C12H14N4O2S/c13-8-1-2-9-10(7-8)18-12(15-9)19-6-5-16-4-3-14-11(16)17/h1-2,7H,3-6,13H2,(H,14,17). The van der Waals surface area contributed by atoms with Gasteiger partial charge in [0.2, 0.25) is 0 Å². The van der Waals surface area contributed by atoms with E-state index in [0.29, 0.717) is 23.0 Å². The van der Waals surface area contributed by atoms with E-state index < -0.39 is 0 Å². The van der Waals surface area contributed by atoms with Crippen LogP contribution in [0.25, 0.3) is 11.1 Å². The van der Waals surface area contributed by atoms with Gasteiger partial charge in [0.15, 0.2) is 5.58 Å². The van der Waals surface area contributed by atoms with Crippen molar-refractivity contribution in [2.24, 2.45) is 0 Å². The summed E-state index contributed by atoms with van der Waals surface area (Å²) in [6.45, 7) is 2.19. The predicted octanol–water partition coefficient (Wildman–Crippen LogP) is 1.53. The van der Waals surface area contributed by atoms with E-state index in [1.54, 1.807) is 17.0 Å². The fourth-order valence-corrected chi connectivity index (χ4v) is 2.75. The first-order valence-corrected chi connectivity index (χ1v) is 7.02. The molecule has 0 saturated carbocycles. The third-order valence-electron chi connectivity index (χ3n) is 2.92. The van der Waals surface area contributed by atoms with E-state index in [4.69, 9.17) is 10.2 Å². The maximum absolute atomic E-state index is 11.3. The van der Waals surface area contributed by atoms with Gasteiger partial charge in [0.05, 0.1) is 0 Å². The molecule has 1 fully saturated rings. The molecule has 6 nitrogen and oxygen atoms in total. The van der Waals surface area contributed by atoms with E-state index in [1.165, 1.54) is 11.8 Å². The summed E-state index contributed by atoms with van der Waals surface area (Å²) in [4.78, 5) is 17.5. The number of amides is 2. The minimum atomic E-state index is 0.00550. The molecule has 7 heteroatoms. The van der Waals surface area contributed by atoms with Crippen LogP contribution in [0.3, 0.4) is 0 Å². The lowest BCUT2D eigenvalue weighted by Crippen LogP contribution is -2.30. The number of hydrogen-bond acceptors (Lipinski definition) is 5. The predicted molar refractivity (Wildman–Crippen MR) is 74.1 cm³/mol. The van der Waals surface area contributed by atoms with Crippen molar-refractivity contribution in [2.45, 2.75) is 5.22 Å². The molecule has 0 spiro atoms. The van der Waals surface area contributed by atoms with Crippen LogP contribution in [-0.2, 0) is 0 Å². The number of nitrogens with zero attached hydrogens (tertiary/aromatic N) is 2. The second kappa shape index (κ2) is 5.00. The normalized spacial score (nSPS) is 15.2. The fourth-order valence-electron chi connectivity index (χ4n) is 1.95. The van der Waals surface area contributed by atoms with Crippen LogP contribution in [0.15, 0.2) is 27.8 Å².